The second-order valence-corrected chi connectivity index (χ2v) is 11.0. The van der Waals surface area contributed by atoms with E-state index in [0.717, 1.165) is 9.99 Å². The number of hydrogen-bond acceptors (Lipinski definition) is 4. The van der Waals surface area contributed by atoms with Crippen LogP contribution in [0.3, 0.4) is 0 Å². The first-order valence-electron chi connectivity index (χ1n) is 11.0. The molecule has 1 heterocycles. The second kappa shape index (κ2) is 11.0. The second-order valence-electron chi connectivity index (χ2n) is 8.20. The van der Waals surface area contributed by atoms with Crippen molar-refractivity contribution in [3.8, 4) is 0 Å². The van der Waals surface area contributed by atoms with Crippen molar-refractivity contribution in [1.29, 1.82) is 0 Å². The molecule has 0 spiro atoms. The zero-order valence-electron chi connectivity index (χ0n) is 18.8. The van der Waals surface area contributed by atoms with Crippen molar-refractivity contribution >= 4 is 44.8 Å². The highest BCUT2D eigenvalue weighted by molar-refractivity contribution is 7.89. The number of nitrogens with zero attached hydrogens (tertiary/aromatic N) is 3. The standard InChI is InChI=1S/C25H24Cl2FN3O3S/c26-20-6-10-24(11-7-20)35(33,34)31(17-19-4-8-22(28)9-5-19)18-25(32)30-14-12-29(13-15-30)23-3-1-2-21(27)16-23/h1-11,16H,12-15,17-18H2. The summed E-state index contributed by atoms with van der Waals surface area (Å²) in [6.45, 7) is 1.72. The number of carbonyl (C=O) groups excluding carboxylic acids is 1. The van der Waals surface area contributed by atoms with Crippen LogP contribution in [0, 0.1) is 5.82 Å². The third kappa shape index (κ3) is 6.32. The average molecular weight is 536 g/mol. The van der Waals surface area contributed by atoms with E-state index in [1.807, 2.05) is 24.3 Å². The van der Waals surface area contributed by atoms with Crippen molar-refractivity contribution in [1.82, 2.24) is 9.21 Å². The van der Waals surface area contributed by atoms with Gasteiger partial charge >= 0.3 is 0 Å². The summed E-state index contributed by atoms with van der Waals surface area (Å²) in [6, 6.07) is 18.9. The minimum absolute atomic E-state index is 0.0302. The van der Waals surface area contributed by atoms with E-state index >= 15 is 0 Å². The van der Waals surface area contributed by atoms with Crippen LogP contribution in [0.1, 0.15) is 5.56 Å². The first-order chi connectivity index (χ1) is 16.7. The van der Waals surface area contributed by atoms with Crippen LogP contribution >= 0.6 is 23.2 Å². The molecule has 0 atom stereocenters. The van der Waals surface area contributed by atoms with Crippen LogP contribution < -0.4 is 4.90 Å². The molecule has 35 heavy (non-hydrogen) atoms. The third-order valence-electron chi connectivity index (χ3n) is 5.84. The molecule has 1 saturated heterocycles. The van der Waals surface area contributed by atoms with Gasteiger partial charge < -0.3 is 9.80 Å². The highest BCUT2D eigenvalue weighted by Gasteiger charge is 2.30. The fourth-order valence-electron chi connectivity index (χ4n) is 3.91. The van der Waals surface area contributed by atoms with E-state index in [1.54, 1.807) is 4.90 Å². The smallest absolute Gasteiger partial charge is 0.243 e. The van der Waals surface area contributed by atoms with E-state index in [0.29, 0.717) is 41.8 Å². The molecule has 1 fully saturated rings. The molecular weight excluding hydrogens is 512 g/mol. The average Bonchev–Trinajstić information content (AvgIpc) is 2.85. The molecule has 0 bridgehead atoms. The fourth-order valence-corrected chi connectivity index (χ4v) is 5.60. The summed E-state index contributed by atoms with van der Waals surface area (Å²) in [4.78, 5) is 17.0. The molecule has 0 saturated carbocycles. The van der Waals surface area contributed by atoms with E-state index in [9.17, 15) is 17.6 Å². The number of piperazine rings is 1. The molecule has 1 aliphatic heterocycles. The maximum absolute atomic E-state index is 13.4. The summed E-state index contributed by atoms with van der Waals surface area (Å²) < 4.78 is 41.3. The number of rotatable bonds is 7. The first-order valence-corrected chi connectivity index (χ1v) is 13.2. The number of carbonyl (C=O) groups is 1. The van der Waals surface area contributed by atoms with Gasteiger partial charge in [-0.15, -0.1) is 0 Å². The number of anilines is 1. The summed E-state index contributed by atoms with van der Waals surface area (Å²) in [6.07, 6.45) is 0. The van der Waals surface area contributed by atoms with Crippen molar-refractivity contribution < 1.29 is 17.6 Å². The lowest BCUT2D eigenvalue weighted by atomic mass is 10.2. The zero-order valence-corrected chi connectivity index (χ0v) is 21.1. The Morgan fingerprint density at radius 3 is 2.17 bits per heavy atom. The van der Waals surface area contributed by atoms with Gasteiger partial charge in [-0.25, -0.2) is 12.8 Å². The lowest BCUT2D eigenvalue weighted by molar-refractivity contribution is -0.131. The Balaban J connectivity index is 1.50. The Kier molecular flexibility index (Phi) is 7.96. The molecule has 0 radical (unpaired) electrons. The van der Waals surface area contributed by atoms with E-state index in [4.69, 9.17) is 23.2 Å². The topological polar surface area (TPSA) is 60.9 Å². The minimum Gasteiger partial charge on any atom is -0.368 e. The van der Waals surface area contributed by atoms with Gasteiger partial charge in [-0.3, -0.25) is 4.79 Å². The highest BCUT2D eigenvalue weighted by Crippen LogP contribution is 2.23. The molecule has 10 heteroatoms. The first kappa shape index (κ1) is 25.4. The van der Waals surface area contributed by atoms with Crippen molar-refractivity contribution in [2.45, 2.75) is 11.4 Å². The molecule has 6 nitrogen and oxygen atoms in total. The molecule has 0 N–H and O–H groups in total. The molecule has 1 aliphatic rings. The minimum atomic E-state index is -4.01. The van der Waals surface area contributed by atoms with Gasteiger partial charge in [-0.1, -0.05) is 41.4 Å². The van der Waals surface area contributed by atoms with Crippen molar-refractivity contribution in [3.05, 3.63) is 94.2 Å². The highest BCUT2D eigenvalue weighted by atomic mass is 35.5. The number of hydrogen-bond donors (Lipinski definition) is 0. The molecular formula is C25H24Cl2FN3O3S. The molecule has 1 amide bonds. The van der Waals surface area contributed by atoms with E-state index < -0.39 is 15.8 Å². The molecule has 3 aromatic carbocycles. The Morgan fingerprint density at radius 2 is 1.54 bits per heavy atom. The Bertz CT molecular complexity index is 1280. The Labute approximate surface area is 214 Å². The maximum atomic E-state index is 13.4. The van der Waals surface area contributed by atoms with Gasteiger partial charge in [0.15, 0.2) is 0 Å². The molecule has 3 aromatic rings. The van der Waals surface area contributed by atoms with Crippen molar-refractivity contribution in [2.75, 3.05) is 37.6 Å². The summed E-state index contributed by atoms with van der Waals surface area (Å²) in [5, 5.41) is 1.05. The number of halogens is 3. The SMILES string of the molecule is O=C(CN(Cc1ccc(F)cc1)S(=O)(=O)c1ccc(Cl)cc1)N1CCN(c2cccc(Cl)c2)CC1. The predicted octanol–water partition coefficient (Wildman–Crippen LogP) is 4.67. The van der Waals surface area contributed by atoms with Crippen molar-refractivity contribution in [2.24, 2.45) is 0 Å². The monoisotopic (exact) mass is 535 g/mol. The summed E-state index contributed by atoms with van der Waals surface area (Å²) in [5.74, 6) is -0.718. The van der Waals surface area contributed by atoms with E-state index in [2.05, 4.69) is 4.90 Å². The molecule has 0 aliphatic carbocycles. The predicted molar refractivity (Wildman–Crippen MR) is 136 cm³/mol. The van der Waals surface area contributed by atoms with Crippen molar-refractivity contribution in [3.63, 3.8) is 0 Å². The lowest BCUT2D eigenvalue weighted by Gasteiger charge is -2.37. The lowest BCUT2D eigenvalue weighted by Crippen LogP contribution is -2.51. The summed E-state index contributed by atoms with van der Waals surface area (Å²) in [5.41, 5.74) is 1.55. The van der Waals surface area contributed by atoms with Gasteiger partial charge in [0.25, 0.3) is 0 Å². The number of amides is 1. The Hall–Kier alpha value is -2.65. The Morgan fingerprint density at radius 1 is 0.886 bits per heavy atom. The molecule has 0 unspecified atom stereocenters. The van der Waals surface area contributed by atoms with E-state index in [1.165, 1.54) is 48.5 Å². The quantitative estimate of drug-likeness (QED) is 0.441. The van der Waals surface area contributed by atoms with Gasteiger partial charge in [-0.2, -0.15) is 4.31 Å². The van der Waals surface area contributed by atoms with Crippen LogP contribution in [0.25, 0.3) is 0 Å². The molecule has 0 aromatic heterocycles. The number of benzene rings is 3. The van der Waals surface area contributed by atoms with Crippen LogP contribution in [0.4, 0.5) is 10.1 Å². The number of sulfonamides is 1. The van der Waals surface area contributed by atoms with Gasteiger partial charge in [-0.05, 0) is 60.2 Å². The normalized spacial score (nSPS) is 14.4. The molecule has 4 rings (SSSR count). The van der Waals surface area contributed by atoms with E-state index in [-0.39, 0.29) is 23.9 Å². The molecule has 184 valence electrons. The van der Waals surface area contributed by atoms with Crippen LogP contribution in [-0.4, -0.2) is 56.3 Å². The third-order valence-corrected chi connectivity index (χ3v) is 8.13. The maximum Gasteiger partial charge on any atom is 0.243 e. The van der Waals surface area contributed by atoms with Gasteiger partial charge in [0.1, 0.15) is 5.82 Å². The van der Waals surface area contributed by atoms with Crippen LogP contribution in [0.5, 0.6) is 0 Å². The summed E-state index contributed by atoms with van der Waals surface area (Å²) >= 11 is 12.0. The van der Waals surface area contributed by atoms with Gasteiger partial charge in [0, 0.05) is 48.5 Å². The van der Waals surface area contributed by atoms with Crippen LogP contribution in [0.15, 0.2) is 77.7 Å². The van der Waals surface area contributed by atoms with Gasteiger partial charge in [0.05, 0.1) is 11.4 Å². The largest absolute Gasteiger partial charge is 0.368 e. The van der Waals surface area contributed by atoms with Crippen LogP contribution in [-0.2, 0) is 21.4 Å². The fraction of sp³-hybridized carbons (Fsp3) is 0.240. The zero-order chi connectivity index (χ0) is 25.0. The summed E-state index contributed by atoms with van der Waals surface area (Å²) in [7, 11) is -4.01. The van der Waals surface area contributed by atoms with Crippen LogP contribution in [0.2, 0.25) is 10.0 Å². The van der Waals surface area contributed by atoms with Gasteiger partial charge in [0.2, 0.25) is 15.9 Å².